The smallest absolute Gasteiger partial charge is 0.408 e. The minimum absolute atomic E-state index is 0.117. The number of methoxy groups -OCH3 is 1. The highest BCUT2D eigenvalue weighted by Crippen LogP contribution is 2.07. The van der Waals surface area contributed by atoms with E-state index in [4.69, 9.17) is 10.00 Å². The van der Waals surface area contributed by atoms with Crippen molar-refractivity contribution in [1.82, 2.24) is 5.32 Å². The minimum Gasteiger partial charge on any atom is -0.467 e. The Hall–Kier alpha value is -1.62. The summed E-state index contributed by atoms with van der Waals surface area (Å²) in [6.07, 6.45) is -0.669. The van der Waals surface area contributed by atoms with Gasteiger partial charge in [0.25, 0.3) is 0 Å². The van der Waals surface area contributed by atoms with Gasteiger partial charge in [-0.3, -0.25) is 4.21 Å². The summed E-state index contributed by atoms with van der Waals surface area (Å²) >= 11 is 0. The first-order valence-corrected chi connectivity index (χ1v) is 7.47. The third kappa shape index (κ3) is 8.48. The maximum Gasteiger partial charge on any atom is 0.408 e. The van der Waals surface area contributed by atoms with Gasteiger partial charge in [-0.2, -0.15) is 5.26 Å². The van der Waals surface area contributed by atoms with E-state index in [1.165, 1.54) is 7.11 Å². The van der Waals surface area contributed by atoms with Crippen molar-refractivity contribution in [3.8, 4) is 6.07 Å². The van der Waals surface area contributed by atoms with E-state index in [9.17, 15) is 13.8 Å². The van der Waals surface area contributed by atoms with Crippen molar-refractivity contribution in [2.75, 3.05) is 18.6 Å². The molecule has 0 saturated heterocycles. The topological polar surface area (TPSA) is 105 Å². The normalized spacial score (nSPS) is 13.8. The van der Waals surface area contributed by atoms with Crippen LogP contribution in [0.4, 0.5) is 4.79 Å². The highest BCUT2D eigenvalue weighted by Gasteiger charge is 2.26. The predicted octanol–water partition coefficient (Wildman–Crippen LogP) is 0.715. The summed E-state index contributed by atoms with van der Waals surface area (Å²) in [5, 5.41) is 10.7. The molecule has 8 heteroatoms. The highest BCUT2D eigenvalue weighted by molar-refractivity contribution is 7.85. The number of nitrogens with one attached hydrogen (secondary N) is 1. The molecule has 0 aromatic rings. The van der Waals surface area contributed by atoms with Crippen LogP contribution in [0.2, 0.25) is 0 Å². The molecule has 0 rings (SSSR count). The molecule has 0 saturated carbocycles. The van der Waals surface area contributed by atoms with Gasteiger partial charge in [0, 0.05) is 23.0 Å². The summed E-state index contributed by atoms with van der Waals surface area (Å²) in [6, 6.07) is 0.805. The standard InChI is InChI=1S/C12H20N2O5S/c1-12(2,3)19-11(16)14-9(10(15)18-4)8-20(17)7-5-6-13/h9H,5,7-8H2,1-4H3,(H,14,16)/t9-,20?/m0/s1. The van der Waals surface area contributed by atoms with Crippen LogP contribution in [0.15, 0.2) is 0 Å². The Morgan fingerprint density at radius 2 is 2.00 bits per heavy atom. The number of esters is 1. The Morgan fingerprint density at radius 1 is 1.40 bits per heavy atom. The second kappa shape index (κ2) is 8.53. The second-order valence-electron chi connectivity index (χ2n) is 4.94. The maximum absolute atomic E-state index is 11.7. The van der Waals surface area contributed by atoms with Crippen molar-refractivity contribution in [3.05, 3.63) is 0 Å². The van der Waals surface area contributed by atoms with Gasteiger partial charge in [0.05, 0.1) is 18.9 Å². The summed E-state index contributed by atoms with van der Waals surface area (Å²) in [4.78, 5) is 23.1. The SMILES string of the molecule is COC(=O)[C@H](CS(=O)CCC#N)NC(=O)OC(C)(C)C. The fourth-order valence-corrected chi connectivity index (χ4v) is 2.27. The Labute approximate surface area is 121 Å². The van der Waals surface area contributed by atoms with E-state index in [1.54, 1.807) is 20.8 Å². The van der Waals surface area contributed by atoms with Crippen molar-refractivity contribution in [1.29, 1.82) is 5.26 Å². The lowest BCUT2D eigenvalue weighted by atomic mass is 10.2. The predicted molar refractivity (Wildman–Crippen MR) is 73.3 cm³/mol. The molecule has 0 spiro atoms. The van der Waals surface area contributed by atoms with Crippen molar-refractivity contribution in [2.24, 2.45) is 0 Å². The molecule has 7 nitrogen and oxygen atoms in total. The van der Waals surface area contributed by atoms with Gasteiger partial charge in [-0.15, -0.1) is 0 Å². The van der Waals surface area contributed by atoms with E-state index in [2.05, 4.69) is 10.1 Å². The lowest BCUT2D eigenvalue weighted by molar-refractivity contribution is -0.142. The van der Waals surface area contributed by atoms with Crippen molar-refractivity contribution >= 4 is 22.9 Å². The average Bonchev–Trinajstić information content (AvgIpc) is 2.32. The number of carbonyl (C=O) groups is 2. The van der Waals surface area contributed by atoms with Gasteiger partial charge in [0.15, 0.2) is 0 Å². The van der Waals surface area contributed by atoms with Crippen LogP contribution in [0, 0.1) is 11.3 Å². The van der Waals surface area contributed by atoms with Gasteiger partial charge < -0.3 is 14.8 Å². The first-order valence-electron chi connectivity index (χ1n) is 5.99. The maximum atomic E-state index is 11.7. The van der Waals surface area contributed by atoms with Gasteiger partial charge >= 0.3 is 12.1 Å². The molecular formula is C12H20N2O5S. The number of alkyl carbamates (subject to hydrolysis) is 1. The number of nitrogens with zero attached hydrogens (tertiary/aromatic N) is 1. The molecule has 0 aliphatic rings. The number of hydrogen-bond acceptors (Lipinski definition) is 6. The largest absolute Gasteiger partial charge is 0.467 e. The van der Waals surface area contributed by atoms with E-state index in [0.717, 1.165) is 0 Å². The summed E-state index contributed by atoms with van der Waals surface area (Å²) < 4.78 is 21.2. The number of amides is 1. The Morgan fingerprint density at radius 3 is 2.45 bits per heavy atom. The van der Waals surface area contributed by atoms with Crippen LogP contribution in [0.1, 0.15) is 27.2 Å². The lowest BCUT2D eigenvalue weighted by Gasteiger charge is -2.22. The third-order valence-electron chi connectivity index (χ3n) is 1.97. The van der Waals surface area contributed by atoms with E-state index in [-0.39, 0.29) is 17.9 Å². The Bertz CT molecular complexity index is 411. The van der Waals surface area contributed by atoms with Gasteiger partial charge in [-0.25, -0.2) is 9.59 Å². The first-order chi connectivity index (χ1) is 9.19. The fraction of sp³-hybridized carbons (Fsp3) is 0.750. The quantitative estimate of drug-likeness (QED) is 0.725. The molecule has 0 aromatic carbocycles. The highest BCUT2D eigenvalue weighted by atomic mass is 32.2. The molecule has 0 aromatic heterocycles. The van der Waals surface area contributed by atoms with Crippen LogP contribution in [-0.2, 0) is 25.1 Å². The molecular weight excluding hydrogens is 284 g/mol. The number of ether oxygens (including phenoxy) is 2. The zero-order valence-electron chi connectivity index (χ0n) is 12.1. The summed E-state index contributed by atoms with van der Waals surface area (Å²) in [5.41, 5.74) is -0.704. The zero-order chi connectivity index (χ0) is 15.8. The summed E-state index contributed by atoms with van der Waals surface area (Å²) in [6.45, 7) is 5.06. The average molecular weight is 304 g/mol. The number of carbonyl (C=O) groups excluding carboxylic acids is 2. The second-order valence-corrected chi connectivity index (χ2v) is 6.56. The lowest BCUT2D eigenvalue weighted by Crippen LogP contribution is -2.47. The molecule has 20 heavy (non-hydrogen) atoms. The van der Waals surface area contributed by atoms with Crippen molar-refractivity contribution in [2.45, 2.75) is 38.8 Å². The van der Waals surface area contributed by atoms with Crippen LogP contribution in [0.5, 0.6) is 0 Å². The van der Waals surface area contributed by atoms with Gasteiger partial charge in [-0.1, -0.05) is 0 Å². The van der Waals surface area contributed by atoms with Crippen LogP contribution in [-0.4, -0.2) is 46.5 Å². The third-order valence-corrected chi connectivity index (χ3v) is 3.34. The number of rotatable bonds is 6. The summed E-state index contributed by atoms with van der Waals surface area (Å²) in [7, 11) is -0.234. The van der Waals surface area contributed by atoms with E-state index in [0.29, 0.717) is 0 Å². The molecule has 0 bridgehead atoms. The van der Waals surface area contributed by atoms with Gasteiger partial charge in [0.2, 0.25) is 0 Å². The Kier molecular flexibility index (Phi) is 7.84. The molecule has 1 amide bonds. The minimum atomic E-state index is -1.41. The van der Waals surface area contributed by atoms with Crippen LogP contribution < -0.4 is 5.32 Å². The molecule has 114 valence electrons. The van der Waals surface area contributed by atoms with E-state index in [1.807, 2.05) is 6.07 Å². The monoisotopic (exact) mass is 304 g/mol. The Balaban J connectivity index is 4.58. The molecule has 0 aliphatic carbocycles. The molecule has 0 fully saturated rings. The molecule has 0 heterocycles. The first kappa shape index (κ1) is 18.4. The fourth-order valence-electron chi connectivity index (χ4n) is 1.19. The van der Waals surface area contributed by atoms with E-state index >= 15 is 0 Å². The van der Waals surface area contributed by atoms with Crippen LogP contribution >= 0.6 is 0 Å². The van der Waals surface area contributed by atoms with E-state index < -0.39 is 34.5 Å². The van der Waals surface area contributed by atoms with Crippen molar-refractivity contribution < 1.29 is 23.3 Å². The van der Waals surface area contributed by atoms with Gasteiger partial charge in [-0.05, 0) is 20.8 Å². The van der Waals surface area contributed by atoms with Crippen LogP contribution in [0.25, 0.3) is 0 Å². The molecule has 1 N–H and O–H groups in total. The zero-order valence-corrected chi connectivity index (χ0v) is 12.9. The number of nitriles is 1. The molecule has 1 unspecified atom stereocenters. The summed E-state index contributed by atoms with van der Waals surface area (Å²) in [5.74, 6) is -0.686. The molecule has 0 radical (unpaired) electrons. The van der Waals surface area contributed by atoms with Gasteiger partial charge in [0.1, 0.15) is 11.6 Å². The van der Waals surface area contributed by atoms with Crippen LogP contribution in [0.3, 0.4) is 0 Å². The van der Waals surface area contributed by atoms with Crippen molar-refractivity contribution in [3.63, 3.8) is 0 Å². The molecule has 0 aliphatic heterocycles. The number of hydrogen-bond donors (Lipinski definition) is 1. The molecule has 2 atom stereocenters.